The van der Waals surface area contributed by atoms with E-state index in [9.17, 15) is 13.2 Å². The molecule has 1 rings (SSSR count). The molecular weight excluding hydrogens is 153 g/mol. The lowest BCUT2D eigenvalue weighted by Gasteiger charge is -2.08. The number of hydrogen-bond acceptors (Lipinski definition) is 0. The molecule has 0 saturated heterocycles. The van der Waals surface area contributed by atoms with Crippen molar-refractivity contribution in [3.63, 3.8) is 0 Å². The molecule has 3 heteroatoms. The van der Waals surface area contributed by atoms with E-state index in [2.05, 4.69) is 0 Å². The molecule has 0 N–H and O–H groups in total. The number of aryl methyl sites for hydroxylation is 1. The number of alkyl halides is 3. The van der Waals surface area contributed by atoms with Gasteiger partial charge in [0, 0.05) is 0 Å². The van der Waals surface area contributed by atoms with Crippen molar-refractivity contribution in [1.82, 2.24) is 0 Å². The maximum atomic E-state index is 12.0. The van der Waals surface area contributed by atoms with Crippen LogP contribution < -0.4 is 0 Å². The topological polar surface area (TPSA) is 0 Å². The van der Waals surface area contributed by atoms with Gasteiger partial charge in [0.2, 0.25) is 0 Å². The molecule has 0 nitrogen and oxygen atoms in total. The molecule has 0 radical (unpaired) electrons. The van der Waals surface area contributed by atoms with E-state index in [-0.39, 0.29) is 5.56 Å². The summed E-state index contributed by atoms with van der Waals surface area (Å²) < 4.78 is 36.1. The molecule has 0 spiro atoms. The maximum Gasteiger partial charge on any atom is 0.416 e. The van der Waals surface area contributed by atoms with Crippen LogP contribution in [0.1, 0.15) is 11.1 Å². The fourth-order valence-electron chi connectivity index (χ4n) is 0.891. The molecule has 0 aliphatic heterocycles. The van der Waals surface area contributed by atoms with Gasteiger partial charge in [-0.15, -0.1) is 0 Å². The van der Waals surface area contributed by atoms with Crippen LogP contribution in [0.5, 0.6) is 0 Å². The number of benzene rings is 1. The molecule has 0 saturated carbocycles. The highest BCUT2D eigenvalue weighted by Gasteiger charge is 2.31. The van der Waals surface area contributed by atoms with E-state index in [1.165, 1.54) is 19.1 Å². The van der Waals surface area contributed by atoms with Crippen LogP contribution in [0.25, 0.3) is 0 Å². The van der Waals surface area contributed by atoms with Crippen molar-refractivity contribution in [2.24, 2.45) is 0 Å². The van der Waals surface area contributed by atoms with E-state index in [0.29, 0.717) is 0 Å². The molecule has 11 heavy (non-hydrogen) atoms. The molecule has 1 aromatic carbocycles. The van der Waals surface area contributed by atoms with Crippen molar-refractivity contribution in [1.29, 1.82) is 0 Å². The first kappa shape index (κ1) is 8.11. The van der Waals surface area contributed by atoms with Gasteiger partial charge in [0.05, 0.1) is 5.56 Å². The summed E-state index contributed by atoms with van der Waals surface area (Å²) in [5.41, 5.74) is -0.292. The standard InChI is InChI=1S/C8H7F3/c1-6-4-2-3-5-7(6)8(9,10)11/h2-5H,1H3. The fourth-order valence-corrected chi connectivity index (χ4v) is 0.891. The third kappa shape index (κ3) is 1.73. The van der Waals surface area contributed by atoms with E-state index >= 15 is 0 Å². The summed E-state index contributed by atoms with van der Waals surface area (Å²) in [5, 5.41) is 0. The first-order valence-electron chi connectivity index (χ1n) is 3.14. The summed E-state index contributed by atoms with van der Waals surface area (Å²) in [7, 11) is 0. The Balaban J connectivity index is 3.14. The summed E-state index contributed by atoms with van der Waals surface area (Å²) in [4.78, 5) is 0. The second kappa shape index (κ2) is 2.57. The third-order valence-corrected chi connectivity index (χ3v) is 1.45. The first-order chi connectivity index (χ1) is 5.02. The van der Waals surface area contributed by atoms with Crippen molar-refractivity contribution in [3.8, 4) is 0 Å². The van der Waals surface area contributed by atoms with Gasteiger partial charge in [0.15, 0.2) is 0 Å². The van der Waals surface area contributed by atoms with Crippen molar-refractivity contribution in [3.05, 3.63) is 35.4 Å². The first-order valence-corrected chi connectivity index (χ1v) is 3.14. The Morgan fingerprint density at radius 2 is 1.64 bits per heavy atom. The molecule has 60 valence electrons. The maximum absolute atomic E-state index is 12.0. The fraction of sp³-hybridized carbons (Fsp3) is 0.250. The van der Waals surface area contributed by atoms with Crippen molar-refractivity contribution in [2.45, 2.75) is 13.1 Å². The van der Waals surface area contributed by atoms with E-state index in [4.69, 9.17) is 0 Å². The van der Waals surface area contributed by atoms with Crippen LogP contribution in [0.15, 0.2) is 24.3 Å². The van der Waals surface area contributed by atoms with Crippen molar-refractivity contribution >= 4 is 0 Å². The lowest BCUT2D eigenvalue weighted by atomic mass is 10.1. The van der Waals surface area contributed by atoms with Gasteiger partial charge in [-0.05, 0) is 18.6 Å². The van der Waals surface area contributed by atoms with Crippen LogP contribution in [-0.2, 0) is 6.18 Å². The Bertz CT molecular complexity index is 250. The summed E-state index contributed by atoms with van der Waals surface area (Å²) in [6, 6.07) is 5.50. The third-order valence-electron chi connectivity index (χ3n) is 1.45. The Morgan fingerprint density at radius 1 is 1.09 bits per heavy atom. The Kier molecular flexibility index (Phi) is 1.89. The van der Waals surface area contributed by atoms with E-state index in [0.717, 1.165) is 6.07 Å². The van der Waals surface area contributed by atoms with Gasteiger partial charge < -0.3 is 0 Å². The van der Waals surface area contributed by atoms with Crippen LogP contribution in [0.3, 0.4) is 0 Å². The van der Waals surface area contributed by atoms with E-state index in [1.54, 1.807) is 6.07 Å². The summed E-state index contributed by atoms with van der Waals surface area (Å²) in [5.74, 6) is 0. The number of rotatable bonds is 0. The van der Waals surface area contributed by atoms with Gasteiger partial charge in [-0.25, -0.2) is 0 Å². The molecule has 0 fully saturated rings. The van der Waals surface area contributed by atoms with Gasteiger partial charge >= 0.3 is 6.18 Å². The van der Waals surface area contributed by atoms with Crippen LogP contribution >= 0.6 is 0 Å². The Hall–Kier alpha value is -0.990. The second-order valence-corrected chi connectivity index (χ2v) is 2.31. The van der Waals surface area contributed by atoms with Gasteiger partial charge in [-0.1, -0.05) is 18.2 Å². The monoisotopic (exact) mass is 160 g/mol. The quantitative estimate of drug-likeness (QED) is 0.547. The normalized spacial score (nSPS) is 11.6. The zero-order valence-electron chi connectivity index (χ0n) is 5.94. The zero-order valence-corrected chi connectivity index (χ0v) is 5.94. The van der Waals surface area contributed by atoms with Crippen LogP contribution in [-0.4, -0.2) is 0 Å². The lowest BCUT2D eigenvalue weighted by Crippen LogP contribution is -2.06. The van der Waals surface area contributed by atoms with Gasteiger partial charge in [0.1, 0.15) is 0 Å². The van der Waals surface area contributed by atoms with Crippen LogP contribution in [0, 0.1) is 6.92 Å². The van der Waals surface area contributed by atoms with E-state index < -0.39 is 11.7 Å². The molecule has 1 aromatic rings. The molecular formula is C8H7F3. The van der Waals surface area contributed by atoms with Crippen molar-refractivity contribution in [2.75, 3.05) is 0 Å². The highest BCUT2D eigenvalue weighted by Crippen LogP contribution is 2.31. The predicted octanol–water partition coefficient (Wildman–Crippen LogP) is 3.01. The largest absolute Gasteiger partial charge is 0.416 e. The average Bonchev–Trinajstić information content (AvgIpc) is 1.86. The molecule has 0 unspecified atom stereocenters. The molecule has 0 aromatic heterocycles. The van der Waals surface area contributed by atoms with Crippen molar-refractivity contribution < 1.29 is 13.2 Å². The molecule has 0 aliphatic carbocycles. The Labute approximate surface area is 62.7 Å². The average molecular weight is 160 g/mol. The second-order valence-electron chi connectivity index (χ2n) is 2.31. The minimum absolute atomic E-state index is 0.264. The van der Waals surface area contributed by atoms with Crippen LogP contribution in [0.2, 0.25) is 0 Å². The molecule has 0 aliphatic rings. The molecule has 0 atom stereocenters. The minimum Gasteiger partial charge on any atom is -0.166 e. The smallest absolute Gasteiger partial charge is 0.166 e. The molecule has 0 amide bonds. The summed E-state index contributed by atoms with van der Waals surface area (Å²) in [6.45, 7) is 1.45. The number of hydrogen-bond donors (Lipinski definition) is 0. The highest BCUT2D eigenvalue weighted by molar-refractivity contribution is 5.27. The minimum atomic E-state index is -4.22. The van der Waals surface area contributed by atoms with Gasteiger partial charge in [0.25, 0.3) is 0 Å². The van der Waals surface area contributed by atoms with E-state index in [1.807, 2.05) is 0 Å². The lowest BCUT2D eigenvalue weighted by molar-refractivity contribution is -0.138. The van der Waals surface area contributed by atoms with Crippen LogP contribution in [0.4, 0.5) is 13.2 Å². The SMILES string of the molecule is Cc1ccccc1C(F)(F)F. The van der Waals surface area contributed by atoms with Gasteiger partial charge in [-0.3, -0.25) is 0 Å². The zero-order chi connectivity index (χ0) is 8.48. The highest BCUT2D eigenvalue weighted by atomic mass is 19.4. The molecule has 0 heterocycles. The predicted molar refractivity (Wildman–Crippen MR) is 36.2 cm³/mol. The summed E-state index contributed by atoms with van der Waals surface area (Å²) >= 11 is 0. The summed E-state index contributed by atoms with van der Waals surface area (Å²) in [6.07, 6.45) is -4.22. The molecule has 0 bridgehead atoms. The number of halogens is 3. The van der Waals surface area contributed by atoms with Gasteiger partial charge in [-0.2, -0.15) is 13.2 Å². The Morgan fingerprint density at radius 3 is 2.00 bits per heavy atom.